The number of thioether (sulfide) groups is 1. The van der Waals surface area contributed by atoms with Crippen molar-refractivity contribution in [2.75, 3.05) is 30.1 Å². The molecule has 0 saturated carbocycles. The number of nitrogens with zero attached hydrogens (tertiary/aromatic N) is 4. The molecular formula is C19H21N5O2S. The number of amides is 1. The van der Waals surface area contributed by atoms with Crippen LogP contribution in [0, 0.1) is 0 Å². The number of anilines is 2. The predicted octanol–water partition coefficient (Wildman–Crippen LogP) is 3.49. The Morgan fingerprint density at radius 1 is 1.19 bits per heavy atom. The molecule has 0 spiro atoms. The van der Waals surface area contributed by atoms with Gasteiger partial charge in [0.25, 0.3) is 5.89 Å². The highest BCUT2D eigenvalue weighted by molar-refractivity contribution is 7.99. The van der Waals surface area contributed by atoms with Gasteiger partial charge in [-0.25, -0.2) is 4.98 Å². The molecule has 0 unspecified atom stereocenters. The van der Waals surface area contributed by atoms with E-state index in [1.54, 1.807) is 6.20 Å². The molecule has 1 amide bonds. The molecular weight excluding hydrogens is 362 g/mol. The molecule has 0 aliphatic heterocycles. The number of benzene rings is 1. The van der Waals surface area contributed by atoms with Crippen molar-refractivity contribution in [1.82, 2.24) is 15.1 Å². The van der Waals surface area contributed by atoms with Crippen molar-refractivity contribution in [2.24, 2.45) is 0 Å². The van der Waals surface area contributed by atoms with Crippen LogP contribution in [0.2, 0.25) is 0 Å². The molecule has 27 heavy (non-hydrogen) atoms. The van der Waals surface area contributed by atoms with Crippen LogP contribution in [0.15, 0.2) is 52.1 Å². The average molecular weight is 383 g/mol. The number of carbonyl (C=O) groups is 1. The molecule has 2 heterocycles. The fourth-order valence-corrected chi connectivity index (χ4v) is 2.93. The number of rotatable bonds is 7. The van der Waals surface area contributed by atoms with Gasteiger partial charge in [-0.2, -0.15) is 4.98 Å². The number of nitrogens with one attached hydrogen (secondary N) is 1. The molecule has 0 atom stereocenters. The minimum absolute atomic E-state index is 0.0760. The van der Waals surface area contributed by atoms with Gasteiger partial charge in [0.15, 0.2) is 5.82 Å². The first kappa shape index (κ1) is 18.9. The summed E-state index contributed by atoms with van der Waals surface area (Å²) in [7, 11) is 3.95. The molecule has 0 radical (unpaired) electrons. The molecule has 3 rings (SSSR count). The normalized spacial score (nSPS) is 10.6. The molecule has 8 heteroatoms. The third-order valence-corrected chi connectivity index (χ3v) is 4.73. The lowest BCUT2D eigenvalue weighted by Crippen LogP contribution is -2.14. The largest absolute Gasteiger partial charge is 0.378 e. The summed E-state index contributed by atoms with van der Waals surface area (Å²) in [5, 5.41) is 7.52. The first-order valence-electron chi connectivity index (χ1n) is 8.54. The lowest BCUT2D eigenvalue weighted by atomic mass is 10.2. The Kier molecular flexibility index (Phi) is 6.08. The number of hydrogen-bond acceptors (Lipinski definition) is 7. The zero-order valence-corrected chi connectivity index (χ0v) is 16.3. The summed E-state index contributed by atoms with van der Waals surface area (Å²) in [6.45, 7) is 1.97. The van der Waals surface area contributed by atoms with Gasteiger partial charge in [-0.05, 0) is 36.4 Å². The van der Waals surface area contributed by atoms with Crippen LogP contribution in [-0.4, -0.2) is 40.9 Å². The lowest BCUT2D eigenvalue weighted by molar-refractivity contribution is -0.113. The molecule has 0 saturated heterocycles. The van der Waals surface area contributed by atoms with E-state index in [9.17, 15) is 4.79 Å². The van der Waals surface area contributed by atoms with Crippen LogP contribution in [0.3, 0.4) is 0 Å². The van der Waals surface area contributed by atoms with Crippen molar-refractivity contribution in [3.05, 3.63) is 48.4 Å². The summed E-state index contributed by atoms with van der Waals surface area (Å²) < 4.78 is 5.19. The van der Waals surface area contributed by atoms with Gasteiger partial charge in [-0.15, -0.1) is 0 Å². The Morgan fingerprint density at radius 3 is 2.56 bits per heavy atom. The van der Waals surface area contributed by atoms with Crippen molar-refractivity contribution in [3.8, 4) is 11.5 Å². The maximum atomic E-state index is 12.1. The van der Waals surface area contributed by atoms with Gasteiger partial charge in [-0.3, -0.25) is 4.79 Å². The molecule has 1 aromatic carbocycles. The molecule has 0 aliphatic carbocycles. The van der Waals surface area contributed by atoms with E-state index in [2.05, 4.69) is 20.4 Å². The monoisotopic (exact) mass is 383 g/mol. The highest BCUT2D eigenvalue weighted by atomic mass is 32.2. The van der Waals surface area contributed by atoms with E-state index in [-0.39, 0.29) is 11.7 Å². The van der Waals surface area contributed by atoms with Crippen LogP contribution in [0.25, 0.3) is 11.5 Å². The molecule has 2 aromatic heterocycles. The van der Waals surface area contributed by atoms with Crippen molar-refractivity contribution in [1.29, 1.82) is 0 Å². The second-order valence-electron chi connectivity index (χ2n) is 6.03. The molecule has 0 bridgehead atoms. The number of pyridine rings is 1. The zero-order chi connectivity index (χ0) is 19.2. The summed E-state index contributed by atoms with van der Waals surface area (Å²) in [4.78, 5) is 22.8. The Labute approximate surface area is 162 Å². The van der Waals surface area contributed by atoms with Crippen molar-refractivity contribution < 1.29 is 9.32 Å². The number of aryl methyl sites for hydroxylation is 1. The molecule has 1 N–H and O–H groups in total. The van der Waals surface area contributed by atoms with Crippen LogP contribution in [-0.2, 0) is 11.2 Å². The first-order valence-corrected chi connectivity index (χ1v) is 9.52. The van der Waals surface area contributed by atoms with E-state index in [4.69, 9.17) is 4.52 Å². The number of aromatic nitrogens is 3. The standard InChI is InChI=1S/C19H21N5O2S/c1-4-16-22-19(26-23-16)13-5-10-18(20-11-13)27-12-17(25)21-14-6-8-15(9-7-14)24(2)3/h5-11H,4,12H2,1-3H3,(H,21,25). The SMILES string of the molecule is CCc1noc(-c2ccc(SCC(=O)Nc3ccc(N(C)C)cc3)nc2)n1. The van der Waals surface area contributed by atoms with Crippen molar-refractivity contribution in [2.45, 2.75) is 18.4 Å². The van der Waals surface area contributed by atoms with Crippen LogP contribution in [0.4, 0.5) is 11.4 Å². The average Bonchev–Trinajstić information content (AvgIpc) is 3.16. The lowest BCUT2D eigenvalue weighted by Gasteiger charge is -2.13. The summed E-state index contributed by atoms with van der Waals surface area (Å²) in [6.07, 6.45) is 2.39. The highest BCUT2D eigenvalue weighted by Gasteiger charge is 2.09. The topological polar surface area (TPSA) is 84.2 Å². The third kappa shape index (κ3) is 5.07. The van der Waals surface area contributed by atoms with Crippen molar-refractivity contribution in [3.63, 3.8) is 0 Å². The fourth-order valence-electron chi connectivity index (χ4n) is 2.29. The summed E-state index contributed by atoms with van der Waals surface area (Å²) in [6, 6.07) is 11.4. The van der Waals surface area contributed by atoms with E-state index in [1.165, 1.54) is 11.8 Å². The quantitative estimate of drug-likeness (QED) is 0.625. The molecule has 0 fully saturated rings. The number of hydrogen-bond donors (Lipinski definition) is 1. The Balaban J connectivity index is 1.52. The number of carbonyl (C=O) groups excluding carboxylic acids is 1. The van der Waals surface area contributed by atoms with Crippen LogP contribution in [0.5, 0.6) is 0 Å². The fraction of sp³-hybridized carbons (Fsp3) is 0.263. The van der Waals surface area contributed by atoms with E-state index in [1.807, 2.05) is 62.3 Å². The zero-order valence-electron chi connectivity index (χ0n) is 15.5. The second-order valence-corrected chi connectivity index (χ2v) is 7.03. The third-order valence-electron chi connectivity index (χ3n) is 3.79. The van der Waals surface area contributed by atoms with Gasteiger partial charge in [0.05, 0.1) is 16.3 Å². The minimum Gasteiger partial charge on any atom is -0.378 e. The molecule has 140 valence electrons. The van der Waals surface area contributed by atoms with Gasteiger partial charge in [0, 0.05) is 38.1 Å². The summed E-state index contributed by atoms with van der Waals surface area (Å²) in [5.41, 5.74) is 2.62. The van der Waals surface area contributed by atoms with Crippen LogP contribution in [0.1, 0.15) is 12.7 Å². The van der Waals surface area contributed by atoms with E-state index in [0.29, 0.717) is 11.7 Å². The Hall–Kier alpha value is -2.87. The predicted molar refractivity (Wildman–Crippen MR) is 107 cm³/mol. The van der Waals surface area contributed by atoms with Gasteiger partial charge < -0.3 is 14.7 Å². The maximum Gasteiger partial charge on any atom is 0.259 e. The van der Waals surface area contributed by atoms with E-state index < -0.39 is 0 Å². The smallest absolute Gasteiger partial charge is 0.259 e. The molecule has 3 aromatic rings. The summed E-state index contributed by atoms with van der Waals surface area (Å²) in [5.74, 6) is 1.32. The van der Waals surface area contributed by atoms with Gasteiger partial charge in [-0.1, -0.05) is 23.8 Å². The van der Waals surface area contributed by atoms with Gasteiger partial charge >= 0.3 is 0 Å². The van der Waals surface area contributed by atoms with Gasteiger partial charge in [0.1, 0.15) is 0 Å². The van der Waals surface area contributed by atoms with Crippen molar-refractivity contribution >= 4 is 29.0 Å². The minimum atomic E-state index is -0.0760. The Bertz CT molecular complexity index is 891. The molecule has 0 aliphatic rings. The second kappa shape index (κ2) is 8.68. The Morgan fingerprint density at radius 2 is 1.96 bits per heavy atom. The summed E-state index contributed by atoms with van der Waals surface area (Å²) >= 11 is 1.37. The van der Waals surface area contributed by atoms with Crippen LogP contribution >= 0.6 is 11.8 Å². The maximum absolute atomic E-state index is 12.1. The van der Waals surface area contributed by atoms with Gasteiger partial charge in [0.2, 0.25) is 5.91 Å². The first-order chi connectivity index (χ1) is 13.0. The van der Waals surface area contributed by atoms with E-state index >= 15 is 0 Å². The van der Waals surface area contributed by atoms with Crippen LogP contribution < -0.4 is 10.2 Å². The molecule has 7 nitrogen and oxygen atoms in total. The highest BCUT2D eigenvalue weighted by Crippen LogP contribution is 2.21. The van der Waals surface area contributed by atoms with E-state index in [0.717, 1.165) is 28.4 Å².